The third kappa shape index (κ3) is 6.36. The third-order valence-electron chi connectivity index (χ3n) is 2.22. The van der Waals surface area contributed by atoms with Crippen LogP contribution in [0.4, 0.5) is 5.69 Å². The highest BCUT2D eigenvalue weighted by Gasteiger charge is 2.35. The summed E-state index contributed by atoms with van der Waals surface area (Å²) in [5.41, 5.74) is 0.131. The highest BCUT2D eigenvalue weighted by Crippen LogP contribution is 2.50. The van der Waals surface area contributed by atoms with Gasteiger partial charge >= 0.3 is 21.4 Å². The number of phosphoric ester groups is 1. The van der Waals surface area contributed by atoms with Crippen molar-refractivity contribution in [2.24, 2.45) is 0 Å². The third-order valence-corrected chi connectivity index (χ3v) is 3.96. The van der Waals surface area contributed by atoms with Gasteiger partial charge in [-0.3, -0.25) is 9.09 Å². The smallest absolute Gasteiger partial charge is 0.470 e. The maximum atomic E-state index is 11.1. The summed E-state index contributed by atoms with van der Waals surface area (Å²) in [5.74, 6) is -3.27. The van der Waals surface area contributed by atoms with Crippen molar-refractivity contribution < 1.29 is 43.1 Å². The number of carboxylic acid groups (broad SMARTS) is 1. The zero-order valence-corrected chi connectivity index (χ0v) is 12.1. The Labute approximate surface area is 118 Å². The van der Waals surface area contributed by atoms with Crippen LogP contribution in [-0.4, -0.2) is 43.0 Å². The predicted molar refractivity (Wildman–Crippen MR) is 70.9 cm³/mol. The molecule has 118 valence electrons. The summed E-state index contributed by atoms with van der Waals surface area (Å²) in [7, 11) is -10.0. The van der Waals surface area contributed by atoms with Crippen molar-refractivity contribution in [2.75, 3.05) is 11.9 Å². The number of aromatic carboxylic acids is 1. The average Bonchev–Trinajstić information content (AvgIpc) is 2.32. The molecule has 0 radical (unpaired) electrons. The quantitative estimate of drug-likeness (QED) is 0.381. The zero-order valence-electron chi connectivity index (χ0n) is 10.4. The van der Waals surface area contributed by atoms with E-state index in [1.165, 1.54) is 24.3 Å². The van der Waals surface area contributed by atoms with E-state index in [0.29, 0.717) is 0 Å². The van der Waals surface area contributed by atoms with Gasteiger partial charge in [0.15, 0.2) is 5.85 Å². The normalized spacial score (nSPS) is 13.7. The maximum absolute atomic E-state index is 11.1. The molecule has 1 aromatic rings. The van der Waals surface area contributed by atoms with Crippen molar-refractivity contribution in [2.45, 2.75) is 5.85 Å². The van der Waals surface area contributed by atoms with Crippen LogP contribution < -0.4 is 5.32 Å². The Kier molecular flexibility index (Phi) is 5.66. The zero-order chi connectivity index (χ0) is 16.3. The lowest BCUT2D eigenvalue weighted by atomic mass is 10.2. The van der Waals surface area contributed by atoms with Crippen LogP contribution in [0.1, 0.15) is 10.4 Å². The van der Waals surface area contributed by atoms with Crippen LogP contribution in [0, 0.1) is 0 Å². The van der Waals surface area contributed by atoms with Crippen molar-refractivity contribution in [1.82, 2.24) is 0 Å². The minimum Gasteiger partial charge on any atom is -0.478 e. The first-order valence-electron chi connectivity index (χ1n) is 5.35. The van der Waals surface area contributed by atoms with Gasteiger partial charge in [0.1, 0.15) is 0 Å². The summed E-state index contributed by atoms with van der Waals surface area (Å²) in [6, 6.07) is 5.31. The molecule has 1 atom stereocenters. The number of anilines is 1. The highest BCUT2D eigenvalue weighted by atomic mass is 31.2. The molecule has 0 saturated heterocycles. The molecule has 0 bridgehead atoms. The molecule has 1 rings (SSSR count). The van der Waals surface area contributed by atoms with Crippen molar-refractivity contribution in [3.05, 3.63) is 29.8 Å². The number of carbonyl (C=O) groups is 1. The number of carboxylic acids is 1. The van der Waals surface area contributed by atoms with E-state index in [1.807, 2.05) is 0 Å². The number of nitrogens with one attached hydrogen (secondary N) is 1. The molecule has 0 aliphatic carbocycles. The van der Waals surface area contributed by atoms with Gasteiger partial charge in [0.25, 0.3) is 0 Å². The molecule has 6 N–H and O–H groups in total. The van der Waals surface area contributed by atoms with Crippen LogP contribution in [0.3, 0.4) is 0 Å². The van der Waals surface area contributed by atoms with E-state index >= 15 is 0 Å². The summed E-state index contributed by atoms with van der Waals surface area (Å²) < 4.78 is 25.8. The van der Waals surface area contributed by atoms with E-state index in [9.17, 15) is 13.9 Å². The molecular weight excluding hydrogens is 328 g/mol. The second kappa shape index (κ2) is 6.67. The molecule has 0 heterocycles. The fourth-order valence-electron chi connectivity index (χ4n) is 1.34. The van der Waals surface area contributed by atoms with Crippen LogP contribution in [-0.2, 0) is 13.7 Å². The van der Waals surface area contributed by atoms with Crippen LogP contribution in [0.25, 0.3) is 0 Å². The number of hydrogen-bond acceptors (Lipinski definition) is 5. The molecular formula is C9H13NO9P2. The van der Waals surface area contributed by atoms with Gasteiger partial charge in [-0.15, -0.1) is 0 Å². The van der Waals surface area contributed by atoms with Crippen LogP contribution in [0.15, 0.2) is 24.3 Å². The second-order valence-corrected chi connectivity index (χ2v) is 6.85. The van der Waals surface area contributed by atoms with Crippen molar-refractivity contribution in [3.8, 4) is 0 Å². The molecule has 0 fully saturated rings. The Morgan fingerprint density at radius 1 is 1.24 bits per heavy atom. The van der Waals surface area contributed by atoms with E-state index < -0.39 is 33.8 Å². The summed E-state index contributed by atoms with van der Waals surface area (Å²) in [6.45, 7) is -0.627. The van der Waals surface area contributed by atoms with Gasteiger partial charge in [-0.05, 0) is 18.2 Å². The minimum atomic E-state index is -5.09. The number of phosphoric acid groups is 1. The van der Waals surface area contributed by atoms with Gasteiger partial charge in [0.2, 0.25) is 0 Å². The molecule has 0 aromatic heterocycles. The lowest BCUT2D eigenvalue weighted by Gasteiger charge is -2.20. The van der Waals surface area contributed by atoms with Gasteiger partial charge in [0.05, 0.1) is 12.1 Å². The van der Waals surface area contributed by atoms with E-state index in [1.54, 1.807) is 0 Å². The number of benzene rings is 1. The Morgan fingerprint density at radius 2 is 1.86 bits per heavy atom. The molecule has 10 nitrogen and oxygen atoms in total. The van der Waals surface area contributed by atoms with E-state index in [-0.39, 0.29) is 11.3 Å². The average molecular weight is 341 g/mol. The summed E-state index contributed by atoms with van der Waals surface area (Å²) in [4.78, 5) is 45.9. The Morgan fingerprint density at radius 3 is 2.33 bits per heavy atom. The van der Waals surface area contributed by atoms with Gasteiger partial charge in [0, 0.05) is 5.69 Å². The molecule has 0 aliphatic heterocycles. The van der Waals surface area contributed by atoms with Gasteiger partial charge in [-0.1, -0.05) is 6.07 Å². The first kappa shape index (κ1) is 17.8. The van der Waals surface area contributed by atoms with Crippen molar-refractivity contribution in [1.29, 1.82) is 0 Å². The Balaban J connectivity index is 2.82. The summed E-state index contributed by atoms with van der Waals surface area (Å²) >= 11 is 0. The predicted octanol–water partition coefficient (Wildman–Crippen LogP) is 0.410. The lowest BCUT2D eigenvalue weighted by Crippen LogP contribution is -2.22. The monoisotopic (exact) mass is 341 g/mol. The standard InChI is InChI=1S/C9H13NO9P2/c11-9(12)6-2-1-3-7(4-6)10-5-8(20(13,14)15)19-21(16,17)18/h1-4,8,10H,5H2,(H,11,12)(H2,13,14,15)(H2,16,17,18). The number of hydrogen-bond donors (Lipinski definition) is 6. The summed E-state index contributed by atoms with van der Waals surface area (Å²) in [5, 5.41) is 11.2. The minimum absolute atomic E-state index is 0.0661. The van der Waals surface area contributed by atoms with Crippen LogP contribution in [0.2, 0.25) is 0 Å². The molecule has 0 spiro atoms. The van der Waals surface area contributed by atoms with Crippen molar-refractivity contribution in [3.63, 3.8) is 0 Å². The topological polar surface area (TPSA) is 174 Å². The van der Waals surface area contributed by atoms with Gasteiger partial charge in [-0.2, -0.15) is 0 Å². The first-order valence-corrected chi connectivity index (χ1v) is 8.56. The fourth-order valence-corrected chi connectivity index (χ4v) is 2.92. The van der Waals surface area contributed by atoms with E-state index in [2.05, 4.69) is 9.84 Å². The molecule has 1 aromatic carbocycles. The molecule has 0 saturated carbocycles. The fraction of sp³-hybridized carbons (Fsp3) is 0.222. The number of rotatable bonds is 7. The molecule has 21 heavy (non-hydrogen) atoms. The van der Waals surface area contributed by atoms with E-state index in [4.69, 9.17) is 24.7 Å². The Bertz CT molecular complexity index is 607. The van der Waals surface area contributed by atoms with Crippen molar-refractivity contribution >= 4 is 27.1 Å². The van der Waals surface area contributed by atoms with Crippen LogP contribution in [0.5, 0.6) is 0 Å². The SMILES string of the molecule is O=C(O)c1cccc(NCC(OP(=O)(O)O)P(=O)(O)O)c1. The van der Waals surface area contributed by atoms with Crippen LogP contribution >= 0.6 is 15.4 Å². The second-order valence-electron chi connectivity index (χ2n) is 3.91. The van der Waals surface area contributed by atoms with E-state index in [0.717, 1.165) is 0 Å². The maximum Gasteiger partial charge on any atom is 0.470 e. The molecule has 12 heteroatoms. The molecule has 1 unspecified atom stereocenters. The first-order chi connectivity index (χ1) is 9.49. The van der Waals surface area contributed by atoms with Gasteiger partial charge in [-0.25, -0.2) is 9.36 Å². The molecule has 0 aliphatic rings. The van der Waals surface area contributed by atoms with Gasteiger partial charge < -0.3 is 30.0 Å². The molecule has 0 amide bonds. The highest BCUT2D eigenvalue weighted by molar-refractivity contribution is 7.53. The largest absolute Gasteiger partial charge is 0.478 e. The lowest BCUT2D eigenvalue weighted by molar-refractivity contribution is 0.0697. The Hall–Kier alpha value is -1.25. The summed E-state index contributed by atoms with van der Waals surface area (Å²) in [6.07, 6.45) is 0.